The van der Waals surface area contributed by atoms with Gasteiger partial charge in [-0.1, -0.05) is 19.3 Å². The number of likely N-dealkylation sites (N-methyl/N-ethyl adjacent to an activating group) is 1. The Morgan fingerprint density at radius 1 is 1.00 bits per heavy atom. The Morgan fingerprint density at radius 2 is 1.54 bits per heavy atom. The molecule has 7 nitrogen and oxygen atoms in total. The number of carbonyl (C=O) groups excluding carboxylic acids is 2. The van der Waals surface area contributed by atoms with Crippen LogP contribution in [0.15, 0.2) is 0 Å². The van der Waals surface area contributed by atoms with Crippen molar-refractivity contribution in [1.29, 1.82) is 5.26 Å². The minimum absolute atomic E-state index is 0.0545. The smallest absolute Gasteiger partial charge is 0.236 e. The monoisotopic (exact) mass is 363 g/mol. The molecule has 1 aliphatic heterocycles. The predicted molar refractivity (Wildman–Crippen MR) is 100 cm³/mol. The summed E-state index contributed by atoms with van der Waals surface area (Å²) in [6.07, 6.45) is 4.68. The lowest BCUT2D eigenvalue weighted by Crippen LogP contribution is -2.55. The summed E-state index contributed by atoms with van der Waals surface area (Å²) in [6, 6.07) is 2.33. The number of piperazine rings is 1. The van der Waals surface area contributed by atoms with Crippen molar-refractivity contribution in [2.75, 3.05) is 52.4 Å². The van der Waals surface area contributed by atoms with Crippen LogP contribution in [0.5, 0.6) is 0 Å². The Balaban J connectivity index is 1.73. The van der Waals surface area contributed by atoms with Gasteiger partial charge in [0.05, 0.1) is 19.2 Å². The molecule has 1 saturated carbocycles. The zero-order valence-electron chi connectivity index (χ0n) is 16.3. The van der Waals surface area contributed by atoms with E-state index in [1.807, 2.05) is 18.7 Å². The van der Waals surface area contributed by atoms with Gasteiger partial charge in [0.2, 0.25) is 11.8 Å². The molecule has 0 aromatic carbocycles. The van der Waals surface area contributed by atoms with Crippen LogP contribution in [-0.4, -0.2) is 84.4 Å². The molecule has 0 aromatic heterocycles. The lowest BCUT2D eigenvalue weighted by atomic mass is 9.83. The van der Waals surface area contributed by atoms with Crippen LogP contribution >= 0.6 is 0 Å². The second-order valence-electron chi connectivity index (χ2n) is 7.42. The Hall–Kier alpha value is -1.65. The first-order chi connectivity index (χ1) is 12.5. The zero-order valence-corrected chi connectivity index (χ0v) is 16.3. The number of nitrogens with zero attached hydrogens (tertiary/aromatic N) is 4. The standard InChI is InChI=1S/C19H33N5O2/c1-3-24(4-2)18(26)15-23-12-10-22(11-13-23)14-17(25)21-19(16-20)8-6-5-7-9-19/h3-15H2,1-2H3,(H,21,25). The molecule has 2 rings (SSSR count). The fourth-order valence-corrected chi connectivity index (χ4v) is 3.90. The lowest BCUT2D eigenvalue weighted by Gasteiger charge is -2.36. The van der Waals surface area contributed by atoms with Crippen LogP contribution in [0.3, 0.4) is 0 Å². The van der Waals surface area contributed by atoms with E-state index < -0.39 is 5.54 Å². The van der Waals surface area contributed by atoms with E-state index in [-0.39, 0.29) is 11.8 Å². The number of nitriles is 1. The largest absolute Gasteiger partial charge is 0.342 e. The van der Waals surface area contributed by atoms with E-state index in [0.717, 1.165) is 71.4 Å². The predicted octanol–water partition coefficient (Wildman–Crippen LogP) is 0.815. The summed E-state index contributed by atoms with van der Waals surface area (Å²) in [5.41, 5.74) is -0.659. The molecule has 1 saturated heterocycles. The fraction of sp³-hybridized carbons (Fsp3) is 0.842. The highest BCUT2D eigenvalue weighted by molar-refractivity contribution is 5.79. The summed E-state index contributed by atoms with van der Waals surface area (Å²) in [5, 5.41) is 12.5. The highest BCUT2D eigenvalue weighted by atomic mass is 16.2. The first-order valence-electron chi connectivity index (χ1n) is 9.96. The molecule has 0 bridgehead atoms. The highest BCUT2D eigenvalue weighted by Crippen LogP contribution is 2.27. The number of hydrogen-bond donors (Lipinski definition) is 1. The molecule has 1 heterocycles. The summed E-state index contributed by atoms with van der Waals surface area (Å²) >= 11 is 0. The fourth-order valence-electron chi connectivity index (χ4n) is 3.90. The lowest BCUT2D eigenvalue weighted by molar-refractivity contribution is -0.133. The summed E-state index contributed by atoms with van der Waals surface area (Å²) in [7, 11) is 0. The van der Waals surface area contributed by atoms with Crippen LogP contribution in [0.1, 0.15) is 46.0 Å². The second kappa shape index (κ2) is 9.89. The van der Waals surface area contributed by atoms with Gasteiger partial charge in [-0.3, -0.25) is 19.4 Å². The summed E-state index contributed by atoms with van der Waals surface area (Å²) in [4.78, 5) is 30.7. The Morgan fingerprint density at radius 3 is 2.04 bits per heavy atom. The van der Waals surface area contributed by atoms with E-state index in [4.69, 9.17) is 0 Å². The van der Waals surface area contributed by atoms with Crippen LogP contribution in [0.4, 0.5) is 0 Å². The molecule has 2 aliphatic rings. The third-order valence-corrected chi connectivity index (χ3v) is 5.61. The van der Waals surface area contributed by atoms with Crippen molar-refractivity contribution in [3.05, 3.63) is 0 Å². The van der Waals surface area contributed by atoms with E-state index in [2.05, 4.69) is 21.2 Å². The molecule has 2 amide bonds. The molecule has 0 atom stereocenters. The summed E-state index contributed by atoms with van der Waals surface area (Å²) in [5.74, 6) is 0.121. The zero-order chi connectivity index (χ0) is 19.0. The van der Waals surface area contributed by atoms with Crippen molar-refractivity contribution in [1.82, 2.24) is 20.0 Å². The van der Waals surface area contributed by atoms with Crippen LogP contribution in [0.25, 0.3) is 0 Å². The minimum Gasteiger partial charge on any atom is -0.342 e. The molecular formula is C19H33N5O2. The van der Waals surface area contributed by atoms with Crippen molar-refractivity contribution >= 4 is 11.8 Å². The SMILES string of the molecule is CCN(CC)C(=O)CN1CCN(CC(=O)NC2(C#N)CCCCC2)CC1. The van der Waals surface area contributed by atoms with Gasteiger partial charge < -0.3 is 10.2 Å². The topological polar surface area (TPSA) is 79.7 Å². The summed E-state index contributed by atoms with van der Waals surface area (Å²) < 4.78 is 0. The molecule has 7 heteroatoms. The van der Waals surface area contributed by atoms with Crippen LogP contribution in [0, 0.1) is 11.3 Å². The minimum atomic E-state index is -0.659. The van der Waals surface area contributed by atoms with Crippen molar-refractivity contribution in [3.8, 4) is 6.07 Å². The van der Waals surface area contributed by atoms with Crippen molar-refractivity contribution in [2.24, 2.45) is 0 Å². The Kier molecular flexibility index (Phi) is 7.85. The van der Waals surface area contributed by atoms with Gasteiger partial charge in [0.15, 0.2) is 0 Å². The molecule has 1 N–H and O–H groups in total. The average Bonchev–Trinajstić information content (AvgIpc) is 2.65. The molecule has 0 radical (unpaired) electrons. The van der Waals surface area contributed by atoms with Gasteiger partial charge in [-0.25, -0.2) is 0 Å². The van der Waals surface area contributed by atoms with Gasteiger partial charge in [0.1, 0.15) is 5.54 Å². The van der Waals surface area contributed by atoms with Gasteiger partial charge in [-0.05, 0) is 26.7 Å². The van der Waals surface area contributed by atoms with Crippen LogP contribution in [-0.2, 0) is 9.59 Å². The second-order valence-corrected chi connectivity index (χ2v) is 7.42. The molecule has 0 unspecified atom stereocenters. The van der Waals surface area contributed by atoms with Crippen LogP contribution in [0.2, 0.25) is 0 Å². The molecule has 146 valence electrons. The van der Waals surface area contributed by atoms with E-state index in [1.165, 1.54) is 0 Å². The normalized spacial score (nSPS) is 21.0. The maximum absolute atomic E-state index is 12.4. The van der Waals surface area contributed by atoms with Gasteiger partial charge in [-0.15, -0.1) is 0 Å². The molecule has 0 spiro atoms. The van der Waals surface area contributed by atoms with E-state index in [1.54, 1.807) is 0 Å². The molecule has 0 aromatic rings. The number of carbonyl (C=O) groups is 2. The van der Waals surface area contributed by atoms with E-state index in [0.29, 0.717) is 13.1 Å². The molecule has 26 heavy (non-hydrogen) atoms. The van der Waals surface area contributed by atoms with Gasteiger partial charge in [0, 0.05) is 39.3 Å². The third-order valence-electron chi connectivity index (χ3n) is 5.61. The van der Waals surface area contributed by atoms with Gasteiger partial charge >= 0.3 is 0 Å². The first-order valence-corrected chi connectivity index (χ1v) is 9.96. The summed E-state index contributed by atoms with van der Waals surface area (Å²) in [6.45, 7) is 9.42. The van der Waals surface area contributed by atoms with Crippen molar-refractivity contribution in [2.45, 2.75) is 51.5 Å². The van der Waals surface area contributed by atoms with E-state index in [9.17, 15) is 14.9 Å². The van der Waals surface area contributed by atoms with Gasteiger partial charge in [0.25, 0.3) is 0 Å². The number of hydrogen-bond acceptors (Lipinski definition) is 5. The molecule has 2 fully saturated rings. The number of rotatable bonds is 7. The Bertz CT molecular complexity index is 513. The quantitative estimate of drug-likeness (QED) is 0.724. The number of nitrogens with one attached hydrogen (secondary N) is 1. The van der Waals surface area contributed by atoms with E-state index >= 15 is 0 Å². The number of amides is 2. The van der Waals surface area contributed by atoms with Crippen molar-refractivity contribution < 1.29 is 9.59 Å². The third kappa shape index (κ3) is 5.68. The first kappa shape index (κ1) is 20.7. The molecule has 1 aliphatic carbocycles. The van der Waals surface area contributed by atoms with Gasteiger partial charge in [-0.2, -0.15) is 5.26 Å². The Labute approximate surface area is 157 Å². The average molecular weight is 364 g/mol. The highest BCUT2D eigenvalue weighted by Gasteiger charge is 2.34. The molecular weight excluding hydrogens is 330 g/mol. The van der Waals surface area contributed by atoms with Crippen molar-refractivity contribution in [3.63, 3.8) is 0 Å². The maximum atomic E-state index is 12.4. The van der Waals surface area contributed by atoms with Crippen LogP contribution < -0.4 is 5.32 Å². The maximum Gasteiger partial charge on any atom is 0.236 e.